The summed E-state index contributed by atoms with van der Waals surface area (Å²) in [6.45, 7) is 16.6. The highest BCUT2D eigenvalue weighted by atomic mass is 14.9. The van der Waals surface area contributed by atoms with Gasteiger partial charge < -0.3 is 5.32 Å². The molecule has 0 aromatic carbocycles. The lowest BCUT2D eigenvalue weighted by atomic mass is 9.94. The maximum Gasteiger partial charge on any atom is 0.0175 e. The number of hydrogen-bond donors (Lipinski definition) is 1. The van der Waals surface area contributed by atoms with Crippen LogP contribution in [-0.4, -0.2) is 6.54 Å². The zero-order chi connectivity index (χ0) is 32.2. The fraction of sp³-hybridized carbons (Fsp3) is 0.674. The summed E-state index contributed by atoms with van der Waals surface area (Å²) in [4.78, 5) is 0. The molecule has 0 aliphatic carbocycles. The maximum atomic E-state index is 4.42. The predicted octanol–water partition coefficient (Wildman–Crippen LogP) is 14.5. The Kier molecular flexibility index (Phi) is 33.8. The van der Waals surface area contributed by atoms with Gasteiger partial charge >= 0.3 is 0 Å². The van der Waals surface area contributed by atoms with Crippen molar-refractivity contribution in [3.63, 3.8) is 0 Å². The third kappa shape index (κ3) is 32.9. The second-order valence-corrected chi connectivity index (χ2v) is 12.9. The van der Waals surface area contributed by atoms with Crippen molar-refractivity contribution in [3.8, 4) is 0 Å². The van der Waals surface area contributed by atoms with Gasteiger partial charge in [-0.15, -0.1) is 0 Å². The van der Waals surface area contributed by atoms with Crippen LogP contribution in [0.5, 0.6) is 0 Å². The molecule has 1 N–H and O–H groups in total. The van der Waals surface area contributed by atoms with E-state index in [1.54, 1.807) is 0 Å². The van der Waals surface area contributed by atoms with Crippen LogP contribution in [0.1, 0.15) is 175 Å². The first-order valence-corrected chi connectivity index (χ1v) is 19.0. The average Bonchev–Trinajstić information content (AvgIpc) is 3.02. The fourth-order valence-corrected chi connectivity index (χ4v) is 5.39. The van der Waals surface area contributed by atoms with E-state index in [-0.39, 0.29) is 0 Å². The minimum absolute atomic E-state index is 0.677. The van der Waals surface area contributed by atoms with Crippen molar-refractivity contribution in [2.24, 2.45) is 5.92 Å². The van der Waals surface area contributed by atoms with Crippen molar-refractivity contribution in [1.82, 2.24) is 5.32 Å². The van der Waals surface area contributed by atoms with Gasteiger partial charge in [0.25, 0.3) is 0 Å². The van der Waals surface area contributed by atoms with Gasteiger partial charge in [0.15, 0.2) is 0 Å². The normalized spacial score (nSPS) is 13.0. The summed E-state index contributed by atoms with van der Waals surface area (Å²) in [6.07, 6.45) is 53.1. The van der Waals surface area contributed by atoms with Crippen LogP contribution in [0.2, 0.25) is 0 Å². The molecule has 0 spiro atoms. The quantitative estimate of drug-likeness (QED) is 0.0446. The van der Waals surface area contributed by atoms with Crippen molar-refractivity contribution in [2.45, 2.75) is 175 Å². The van der Waals surface area contributed by atoms with Gasteiger partial charge in [0, 0.05) is 12.2 Å². The first-order chi connectivity index (χ1) is 21.6. The summed E-state index contributed by atoms with van der Waals surface area (Å²) >= 11 is 0. The Balaban J connectivity index is 3.67. The van der Waals surface area contributed by atoms with Gasteiger partial charge in [-0.3, -0.25) is 0 Å². The van der Waals surface area contributed by atoms with Gasteiger partial charge in [-0.2, -0.15) is 0 Å². The summed E-state index contributed by atoms with van der Waals surface area (Å²) in [7, 11) is 0. The number of nitrogens with one attached hydrogen (secondary N) is 1. The van der Waals surface area contributed by atoms with Gasteiger partial charge in [-0.1, -0.05) is 177 Å². The average molecular weight is 606 g/mol. The summed E-state index contributed by atoms with van der Waals surface area (Å²) in [5.41, 5.74) is 2.67. The van der Waals surface area contributed by atoms with Crippen molar-refractivity contribution in [3.05, 3.63) is 85.2 Å². The van der Waals surface area contributed by atoms with E-state index < -0.39 is 0 Å². The van der Waals surface area contributed by atoms with Crippen LogP contribution in [0.4, 0.5) is 0 Å². The Morgan fingerprint density at radius 3 is 1.45 bits per heavy atom. The van der Waals surface area contributed by atoms with E-state index in [0.29, 0.717) is 5.92 Å². The van der Waals surface area contributed by atoms with E-state index in [2.05, 4.69) is 100 Å². The molecule has 0 amide bonds. The lowest BCUT2D eigenvalue weighted by Crippen LogP contribution is -2.22. The third-order valence-electron chi connectivity index (χ3n) is 8.48. The molecule has 0 aliphatic heterocycles. The van der Waals surface area contributed by atoms with Crippen LogP contribution in [0.3, 0.4) is 0 Å². The lowest BCUT2D eigenvalue weighted by molar-refractivity contribution is 0.466. The number of allylic oxidation sites excluding steroid dienone is 12. The molecule has 0 rings (SSSR count). The Labute approximate surface area is 277 Å². The predicted molar refractivity (Wildman–Crippen MR) is 203 cm³/mol. The molecule has 1 heteroatoms. The first-order valence-electron chi connectivity index (χ1n) is 19.0. The molecule has 0 radical (unpaired) electrons. The van der Waals surface area contributed by atoms with E-state index in [9.17, 15) is 0 Å². The van der Waals surface area contributed by atoms with Crippen LogP contribution in [0, 0.1) is 5.92 Å². The molecular weight excluding hydrogens is 530 g/mol. The maximum absolute atomic E-state index is 4.42. The molecule has 0 aliphatic rings. The Bertz CT molecular complexity index is 777. The highest BCUT2D eigenvalue weighted by molar-refractivity contribution is 5.11. The summed E-state index contributed by atoms with van der Waals surface area (Å²) in [6, 6.07) is 0. The van der Waals surface area contributed by atoms with E-state index in [0.717, 1.165) is 19.4 Å². The number of unbranched alkanes of at least 4 members (excludes halogenated alkanes) is 16. The topological polar surface area (TPSA) is 12.0 Å². The molecule has 0 saturated carbocycles. The molecule has 0 bridgehead atoms. The van der Waals surface area contributed by atoms with Crippen molar-refractivity contribution in [1.29, 1.82) is 0 Å². The first kappa shape index (κ1) is 42.0. The second kappa shape index (κ2) is 35.5. The van der Waals surface area contributed by atoms with E-state index in [1.165, 1.54) is 153 Å². The molecule has 0 saturated heterocycles. The Morgan fingerprint density at radius 2 is 0.932 bits per heavy atom. The van der Waals surface area contributed by atoms with Crippen molar-refractivity contribution >= 4 is 0 Å². The summed E-state index contributed by atoms with van der Waals surface area (Å²) < 4.78 is 0. The second-order valence-electron chi connectivity index (χ2n) is 12.9. The number of rotatable bonds is 33. The van der Waals surface area contributed by atoms with Gasteiger partial charge in [-0.25, -0.2) is 0 Å². The standard InChI is InChI=1S/C43H75N/c1-6-9-11-13-15-17-19-21-23-25-27-29-31-33-35-37-41(4)39-43(8-3)40-44-42(5)38-36-34-32-30-28-26-24-22-20-18-16-14-12-10-7-2/h14,16-24,43-44H,4-13,15,25-40H2,1-3H3/b16-14+,19-17+,20-18+,23-21+,24-22+. The summed E-state index contributed by atoms with van der Waals surface area (Å²) in [5, 5.41) is 3.64. The zero-order valence-electron chi connectivity index (χ0n) is 29.9. The molecular formula is C43H75N. The van der Waals surface area contributed by atoms with Crippen LogP contribution in [0.15, 0.2) is 85.2 Å². The van der Waals surface area contributed by atoms with Gasteiger partial charge in [-0.05, 0) is 83.0 Å². The molecule has 0 aromatic rings. The zero-order valence-corrected chi connectivity index (χ0v) is 29.9. The van der Waals surface area contributed by atoms with Gasteiger partial charge in [0.05, 0.1) is 0 Å². The monoisotopic (exact) mass is 606 g/mol. The molecule has 1 unspecified atom stereocenters. The minimum atomic E-state index is 0.677. The van der Waals surface area contributed by atoms with Crippen LogP contribution < -0.4 is 5.32 Å². The van der Waals surface area contributed by atoms with Crippen LogP contribution in [-0.2, 0) is 0 Å². The summed E-state index contributed by atoms with van der Waals surface area (Å²) in [5.74, 6) is 0.677. The Hall–Kier alpha value is -2.02. The smallest absolute Gasteiger partial charge is 0.0175 e. The van der Waals surface area contributed by atoms with Crippen LogP contribution >= 0.6 is 0 Å². The number of hydrogen-bond acceptors (Lipinski definition) is 1. The van der Waals surface area contributed by atoms with Gasteiger partial charge in [0.2, 0.25) is 0 Å². The van der Waals surface area contributed by atoms with Crippen molar-refractivity contribution in [2.75, 3.05) is 6.54 Å². The van der Waals surface area contributed by atoms with E-state index in [1.807, 2.05) is 0 Å². The minimum Gasteiger partial charge on any atom is -0.389 e. The van der Waals surface area contributed by atoms with Crippen LogP contribution in [0.25, 0.3) is 0 Å². The molecule has 44 heavy (non-hydrogen) atoms. The Morgan fingerprint density at radius 1 is 0.500 bits per heavy atom. The molecule has 0 fully saturated rings. The van der Waals surface area contributed by atoms with Gasteiger partial charge in [0.1, 0.15) is 0 Å². The largest absolute Gasteiger partial charge is 0.389 e. The molecule has 0 heterocycles. The molecule has 252 valence electrons. The van der Waals surface area contributed by atoms with E-state index >= 15 is 0 Å². The molecule has 1 atom stereocenters. The van der Waals surface area contributed by atoms with Crippen molar-refractivity contribution < 1.29 is 0 Å². The van der Waals surface area contributed by atoms with E-state index in [4.69, 9.17) is 0 Å². The highest BCUT2D eigenvalue weighted by Crippen LogP contribution is 2.20. The SMILES string of the molecule is C=C(CCCCCCC/C=C/C=C/CCCCCC)CC(CC)CNC(=C)CCCCCCC/C=C/C=C/C=C/CCCC. The fourth-order valence-electron chi connectivity index (χ4n) is 5.39. The molecule has 1 nitrogen and oxygen atoms in total. The molecule has 0 aromatic heterocycles. The highest BCUT2D eigenvalue weighted by Gasteiger charge is 2.09. The third-order valence-corrected chi connectivity index (χ3v) is 8.48. The lowest BCUT2D eigenvalue weighted by Gasteiger charge is -2.19.